The standard InChI is InChI=1S/C20H17FN6S/c1-20(2,3)27-12-15(10-25-27)13-7-17(28-19-16(21)5-4-6-23-19)18-14(8-22)9-24-26(18)11-13/h4-7,9-12H,1-3H3. The van der Waals surface area contributed by atoms with E-state index in [1.165, 1.54) is 24.0 Å². The van der Waals surface area contributed by atoms with E-state index in [4.69, 9.17) is 0 Å². The van der Waals surface area contributed by atoms with E-state index in [1.54, 1.807) is 23.0 Å². The van der Waals surface area contributed by atoms with Gasteiger partial charge in [0, 0.05) is 34.6 Å². The van der Waals surface area contributed by atoms with E-state index < -0.39 is 5.82 Å². The van der Waals surface area contributed by atoms with Crippen molar-refractivity contribution in [2.45, 2.75) is 36.2 Å². The Balaban J connectivity index is 1.87. The van der Waals surface area contributed by atoms with Gasteiger partial charge in [-0.1, -0.05) is 11.8 Å². The van der Waals surface area contributed by atoms with Gasteiger partial charge in [-0.05, 0) is 39.0 Å². The van der Waals surface area contributed by atoms with Crippen LogP contribution in [0.3, 0.4) is 0 Å². The van der Waals surface area contributed by atoms with Gasteiger partial charge in [-0.25, -0.2) is 13.9 Å². The lowest BCUT2D eigenvalue weighted by atomic mass is 10.1. The summed E-state index contributed by atoms with van der Waals surface area (Å²) in [6.45, 7) is 6.22. The van der Waals surface area contributed by atoms with Crippen LogP contribution in [0.5, 0.6) is 0 Å². The van der Waals surface area contributed by atoms with Gasteiger partial charge >= 0.3 is 0 Å². The number of halogens is 1. The van der Waals surface area contributed by atoms with Crippen molar-refractivity contribution in [3.63, 3.8) is 0 Å². The predicted octanol–water partition coefficient (Wildman–Crippen LogP) is 4.51. The largest absolute Gasteiger partial charge is 0.267 e. The van der Waals surface area contributed by atoms with Gasteiger partial charge in [-0.3, -0.25) is 4.68 Å². The Morgan fingerprint density at radius 1 is 1.14 bits per heavy atom. The van der Waals surface area contributed by atoms with Crippen LogP contribution in [0, 0.1) is 17.1 Å². The summed E-state index contributed by atoms with van der Waals surface area (Å²) in [5, 5.41) is 18.4. The molecule has 28 heavy (non-hydrogen) atoms. The van der Waals surface area contributed by atoms with Crippen molar-refractivity contribution in [1.29, 1.82) is 5.26 Å². The van der Waals surface area contributed by atoms with Crippen LogP contribution in [0.4, 0.5) is 4.39 Å². The molecule has 0 spiro atoms. The van der Waals surface area contributed by atoms with E-state index in [1.807, 2.05) is 23.1 Å². The van der Waals surface area contributed by atoms with Gasteiger partial charge in [0.15, 0.2) is 5.82 Å². The Bertz CT molecular complexity index is 1210. The Hall–Kier alpha value is -3.18. The van der Waals surface area contributed by atoms with Crippen molar-refractivity contribution in [2.24, 2.45) is 0 Å². The van der Waals surface area contributed by atoms with E-state index in [2.05, 4.69) is 42.0 Å². The zero-order valence-corrected chi connectivity index (χ0v) is 16.4. The Morgan fingerprint density at radius 3 is 2.64 bits per heavy atom. The first-order chi connectivity index (χ1) is 13.4. The lowest BCUT2D eigenvalue weighted by molar-refractivity contribution is 0.355. The molecule has 0 atom stereocenters. The maximum absolute atomic E-state index is 14.2. The molecule has 6 nitrogen and oxygen atoms in total. The highest BCUT2D eigenvalue weighted by Gasteiger charge is 2.18. The van der Waals surface area contributed by atoms with E-state index >= 15 is 0 Å². The number of hydrogen-bond donors (Lipinski definition) is 0. The molecule has 8 heteroatoms. The van der Waals surface area contributed by atoms with Gasteiger partial charge in [0.25, 0.3) is 0 Å². The van der Waals surface area contributed by atoms with Crippen LogP contribution in [0.15, 0.2) is 59.1 Å². The molecule has 0 amide bonds. The first kappa shape index (κ1) is 18.2. The zero-order valence-electron chi connectivity index (χ0n) is 15.6. The molecule has 4 aromatic rings. The molecular formula is C20H17FN6S. The monoisotopic (exact) mass is 392 g/mol. The van der Waals surface area contributed by atoms with Crippen LogP contribution in [0.2, 0.25) is 0 Å². The molecule has 0 radical (unpaired) electrons. The molecule has 140 valence electrons. The van der Waals surface area contributed by atoms with Crippen molar-refractivity contribution in [1.82, 2.24) is 24.4 Å². The van der Waals surface area contributed by atoms with Gasteiger partial charge in [0.05, 0.1) is 29.0 Å². The second-order valence-electron chi connectivity index (χ2n) is 7.29. The average Bonchev–Trinajstić information content (AvgIpc) is 3.30. The minimum absolute atomic E-state index is 0.142. The molecule has 0 aliphatic carbocycles. The fraction of sp³-hybridized carbons (Fsp3) is 0.200. The quantitative estimate of drug-likeness (QED) is 0.513. The lowest BCUT2D eigenvalue weighted by Gasteiger charge is -2.18. The third-order valence-electron chi connectivity index (χ3n) is 4.23. The maximum atomic E-state index is 14.2. The summed E-state index contributed by atoms with van der Waals surface area (Å²) in [5.74, 6) is -0.408. The van der Waals surface area contributed by atoms with Crippen LogP contribution < -0.4 is 0 Å². The van der Waals surface area contributed by atoms with Crippen molar-refractivity contribution in [3.05, 3.63) is 60.6 Å². The number of aromatic nitrogens is 5. The second kappa shape index (κ2) is 6.77. The number of nitrogens with zero attached hydrogens (tertiary/aromatic N) is 6. The van der Waals surface area contributed by atoms with E-state index in [0.29, 0.717) is 16.0 Å². The number of nitriles is 1. The van der Waals surface area contributed by atoms with E-state index in [0.717, 1.165) is 11.1 Å². The Morgan fingerprint density at radius 2 is 1.96 bits per heavy atom. The van der Waals surface area contributed by atoms with Crippen LogP contribution in [-0.2, 0) is 5.54 Å². The fourth-order valence-electron chi connectivity index (χ4n) is 2.79. The summed E-state index contributed by atoms with van der Waals surface area (Å²) < 4.78 is 17.7. The summed E-state index contributed by atoms with van der Waals surface area (Å²) >= 11 is 1.17. The highest BCUT2D eigenvalue weighted by Crippen LogP contribution is 2.36. The third-order valence-corrected chi connectivity index (χ3v) is 5.26. The summed E-state index contributed by atoms with van der Waals surface area (Å²) in [6.07, 6.45) is 8.65. The van der Waals surface area contributed by atoms with Gasteiger partial charge in [0.1, 0.15) is 11.1 Å². The van der Waals surface area contributed by atoms with Crippen LogP contribution in [0.1, 0.15) is 26.3 Å². The highest BCUT2D eigenvalue weighted by atomic mass is 32.2. The topological polar surface area (TPSA) is 71.8 Å². The first-order valence-electron chi connectivity index (χ1n) is 8.62. The number of rotatable bonds is 3. The minimum Gasteiger partial charge on any atom is -0.267 e. The Labute approximate surface area is 165 Å². The van der Waals surface area contributed by atoms with Crippen molar-refractivity contribution >= 4 is 17.3 Å². The normalized spacial score (nSPS) is 11.7. The van der Waals surface area contributed by atoms with Gasteiger partial charge < -0.3 is 0 Å². The van der Waals surface area contributed by atoms with Crippen LogP contribution >= 0.6 is 11.8 Å². The molecule has 0 fully saturated rings. The summed E-state index contributed by atoms with van der Waals surface area (Å²) in [6, 6.07) is 6.98. The number of pyridine rings is 2. The van der Waals surface area contributed by atoms with E-state index in [9.17, 15) is 9.65 Å². The SMILES string of the molecule is CC(C)(C)n1cc(-c2cc(Sc3ncccc3F)c3c(C#N)cnn3c2)cn1. The lowest BCUT2D eigenvalue weighted by Crippen LogP contribution is -2.21. The average molecular weight is 392 g/mol. The zero-order chi connectivity index (χ0) is 19.9. The van der Waals surface area contributed by atoms with Gasteiger partial charge in [-0.15, -0.1) is 0 Å². The molecule has 4 heterocycles. The van der Waals surface area contributed by atoms with Crippen molar-refractivity contribution in [3.8, 4) is 17.2 Å². The summed E-state index contributed by atoms with van der Waals surface area (Å²) in [4.78, 5) is 4.82. The number of fused-ring (bicyclic) bond motifs is 1. The Kier molecular flexibility index (Phi) is 4.40. The minimum atomic E-state index is -0.408. The molecule has 0 aromatic carbocycles. The van der Waals surface area contributed by atoms with Gasteiger partial charge in [0.2, 0.25) is 0 Å². The smallest absolute Gasteiger partial charge is 0.155 e. The van der Waals surface area contributed by atoms with Crippen molar-refractivity contribution in [2.75, 3.05) is 0 Å². The molecule has 0 aliphatic heterocycles. The third kappa shape index (κ3) is 3.25. The molecule has 0 unspecified atom stereocenters. The molecule has 0 N–H and O–H groups in total. The first-order valence-corrected chi connectivity index (χ1v) is 9.44. The fourth-order valence-corrected chi connectivity index (χ4v) is 3.76. The number of hydrogen-bond acceptors (Lipinski definition) is 5. The van der Waals surface area contributed by atoms with Crippen LogP contribution in [0.25, 0.3) is 16.6 Å². The highest BCUT2D eigenvalue weighted by molar-refractivity contribution is 7.99. The summed E-state index contributed by atoms with van der Waals surface area (Å²) in [5.41, 5.74) is 2.69. The molecular weight excluding hydrogens is 375 g/mol. The van der Waals surface area contributed by atoms with Gasteiger partial charge in [-0.2, -0.15) is 15.5 Å². The molecule has 4 rings (SSSR count). The molecule has 0 saturated carbocycles. The molecule has 4 aromatic heterocycles. The van der Waals surface area contributed by atoms with E-state index in [-0.39, 0.29) is 10.6 Å². The van der Waals surface area contributed by atoms with Crippen LogP contribution in [-0.4, -0.2) is 24.4 Å². The predicted molar refractivity (Wildman–Crippen MR) is 104 cm³/mol. The molecule has 0 bridgehead atoms. The maximum Gasteiger partial charge on any atom is 0.155 e. The van der Waals surface area contributed by atoms with Crippen molar-refractivity contribution < 1.29 is 4.39 Å². The molecule has 0 saturated heterocycles. The molecule has 0 aliphatic rings. The second-order valence-corrected chi connectivity index (χ2v) is 8.32. The summed E-state index contributed by atoms with van der Waals surface area (Å²) in [7, 11) is 0.